The molecular formula is C12H20. The summed E-state index contributed by atoms with van der Waals surface area (Å²) in [5, 5.41) is 0. The van der Waals surface area contributed by atoms with E-state index in [-0.39, 0.29) is 5.41 Å². The summed E-state index contributed by atoms with van der Waals surface area (Å²) >= 11 is 0. The normalized spacial score (nSPS) is 13.9. The number of hydrogen-bond donors (Lipinski definition) is 0. The van der Waals surface area contributed by atoms with Gasteiger partial charge in [-0.1, -0.05) is 44.2 Å². The first-order valence-electron chi connectivity index (χ1n) is 4.42. The number of allylic oxidation sites excluding steroid dienone is 5. The highest BCUT2D eigenvalue weighted by atomic mass is 14.2. The average Bonchev–Trinajstić information content (AvgIpc) is 2.03. The van der Waals surface area contributed by atoms with Crippen molar-refractivity contribution < 1.29 is 0 Å². The monoisotopic (exact) mass is 164 g/mol. The van der Waals surface area contributed by atoms with Crippen LogP contribution in [-0.4, -0.2) is 0 Å². The van der Waals surface area contributed by atoms with E-state index in [1.807, 2.05) is 13.0 Å². The smallest absolute Gasteiger partial charge is 0.00962 e. The molecule has 0 spiro atoms. The predicted octanol–water partition coefficient (Wildman–Crippen LogP) is 4.11. The second-order valence-electron chi connectivity index (χ2n) is 3.62. The van der Waals surface area contributed by atoms with E-state index in [0.29, 0.717) is 0 Å². The number of rotatable bonds is 3. The fourth-order valence-electron chi connectivity index (χ4n) is 1.02. The Kier molecular flexibility index (Phi) is 4.02. The van der Waals surface area contributed by atoms with Gasteiger partial charge in [-0.05, 0) is 26.3 Å². The molecule has 0 heteroatoms. The minimum atomic E-state index is 0.0985. The summed E-state index contributed by atoms with van der Waals surface area (Å²) in [5.41, 5.74) is 2.63. The van der Waals surface area contributed by atoms with Gasteiger partial charge in [-0.25, -0.2) is 0 Å². The molecule has 0 saturated carbocycles. The molecule has 0 bridgehead atoms. The molecule has 0 aliphatic heterocycles. The van der Waals surface area contributed by atoms with Crippen LogP contribution >= 0.6 is 0 Å². The highest BCUT2D eigenvalue weighted by Gasteiger charge is 2.20. The van der Waals surface area contributed by atoms with Crippen molar-refractivity contribution in [1.29, 1.82) is 0 Å². The van der Waals surface area contributed by atoms with E-state index in [1.165, 1.54) is 11.1 Å². The van der Waals surface area contributed by atoms with Crippen LogP contribution in [0, 0.1) is 5.41 Å². The number of hydrogen-bond acceptors (Lipinski definition) is 0. The van der Waals surface area contributed by atoms with Crippen LogP contribution in [0.1, 0.15) is 34.6 Å². The van der Waals surface area contributed by atoms with Gasteiger partial charge in [0.25, 0.3) is 0 Å². The van der Waals surface area contributed by atoms with Crippen LogP contribution < -0.4 is 0 Å². The fraction of sp³-hybridized carbons (Fsp3) is 0.500. The molecule has 0 aliphatic rings. The second-order valence-corrected chi connectivity index (χ2v) is 3.62. The van der Waals surface area contributed by atoms with Crippen molar-refractivity contribution in [3.8, 4) is 0 Å². The first-order valence-corrected chi connectivity index (χ1v) is 4.42. The molecule has 0 rings (SSSR count). The van der Waals surface area contributed by atoms with Crippen LogP contribution in [-0.2, 0) is 0 Å². The maximum Gasteiger partial charge on any atom is 0.00962 e. The molecule has 0 atom stereocenters. The maximum atomic E-state index is 4.06. The predicted molar refractivity (Wildman–Crippen MR) is 57.2 cm³/mol. The molecule has 12 heavy (non-hydrogen) atoms. The van der Waals surface area contributed by atoms with Crippen molar-refractivity contribution in [2.45, 2.75) is 34.6 Å². The minimum Gasteiger partial charge on any atom is -0.0950 e. The minimum absolute atomic E-state index is 0.0985. The molecule has 0 aliphatic carbocycles. The average molecular weight is 164 g/mol. The largest absolute Gasteiger partial charge is 0.0950 e. The van der Waals surface area contributed by atoms with Crippen molar-refractivity contribution in [1.82, 2.24) is 0 Å². The Hall–Kier alpha value is -0.780. The van der Waals surface area contributed by atoms with Crippen molar-refractivity contribution in [2.24, 2.45) is 5.41 Å². The summed E-state index contributed by atoms with van der Waals surface area (Å²) < 4.78 is 0. The highest BCUT2D eigenvalue weighted by Crippen LogP contribution is 2.33. The molecular weight excluding hydrogens is 144 g/mol. The van der Waals surface area contributed by atoms with Gasteiger partial charge in [0, 0.05) is 5.41 Å². The summed E-state index contributed by atoms with van der Waals surface area (Å²) in [6.45, 7) is 14.7. The summed E-state index contributed by atoms with van der Waals surface area (Å²) in [7, 11) is 0. The summed E-state index contributed by atoms with van der Waals surface area (Å²) in [5.74, 6) is 0. The molecule has 0 N–H and O–H groups in total. The van der Waals surface area contributed by atoms with Crippen LogP contribution in [0.3, 0.4) is 0 Å². The van der Waals surface area contributed by atoms with Gasteiger partial charge in [-0.15, -0.1) is 0 Å². The first kappa shape index (κ1) is 11.2. The Labute approximate surface area is 76.7 Å². The van der Waals surface area contributed by atoms with E-state index in [9.17, 15) is 0 Å². The van der Waals surface area contributed by atoms with Gasteiger partial charge in [0.15, 0.2) is 0 Å². The first-order chi connectivity index (χ1) is 5.46. The second kappa shape index (κ2) is 4.30. The molecule has 0 nitrogen and oxygen atoms in total. The molecule has 0 saturated heterocycles. The van der Waals surface area contributed by atoms with Crippen LogP contribution in [0.4, 0.5) is 0 Å². The zero-order chi connectivity index (χ0) is 9.78. The van der Waals surface area contributed by atoms with Gasteiger partial charge in [0.1, 0.15) is 0 Å². The lowest BCUT2D eigenvalue weighted by molar-refractivity contribution is 0.553. The van der Waals surface area contributed by atoms with Crippen molar-refractivity contribution in [3.63, 3.8) is 0 Å². The van der Waals surface area contributed by atoms with Gasteiger partial charge >= 0.3 is 0 Å². The topological polar surface area (TPSA) is 0 Å². The van der Waals surface area contributed by atoms with Crippen LogP contribution in [0.5, 0.6) is 0 Å². The Morgan fingerprint density at radius 2 is 1.75 bits per heavy atom. The van der Waals surface area contributed by atoms with E-state index in [1.54, 1.807) is 0 Å². The maximum absolute atomic E-state index is 4.06. The molecule has 0 radical (unpaired) electrons. The van der Waals surface area contributed by atoms with E-state index in [4.69, 9.17) is 0 Å². The lowest BCUT2D eigenvalue weighted by Crippen LogP contribution is -2.14. The van der Waals surface area contributed by atoms with Crippen molar-refractivity contribution in [2.75, 3.05) is 0 Å². The van der Waals surface area contributed by atoms with Crippen LogP contribution in [0.15, 0.2) is 36.0 Å². The third-order valence-electron chi connectivity index (χ3n) is 2.59. The van der Waals surface area contributed by atoms with E-state index >= 15 is 0 Å². The van der Waals surface area contributed by atoms with E-state index in [2.05, 4.69) is 46.4 Å². The zero-order valence-corrected chi connectivity index (χ0v) is 8.94. The molecule has 0 aromatic heterocycles. The molecule has 0 unspecified atom stereocenters. The third-order valence-corrected chi connectivity index (χ3v) is 2.59. The Bertz CT molecular complexity index is 214. The van der Waals surface area contributed by atoms with Gasteiger partial charge in [0.05, 0.1) is 0 Å². The van der Waals surface area contributed by atoms with Gasteiger partial charge in [-0.2, -0.15) is 0 Å². The van der Waals surface area contributed by atoms with Gasteiger partial charge in [-0.3, -0.25) is 0 Å². The third kappa shape index (κ3) is 2.37. The standard InChI is InChI=1S/C12H20/c1-7-9-11(4)12(5,6)10(3)8-2/h7-9H,4H2,1-3,5-6H3/b9-7-,10-8+. The molecule has 0 aromatic carbocycles. The summed E-state index contributed by atoms with van der Waals surface area (Å²) in [4.78, 5) is 0. The Morgan fingerprint density at radius 1 is 1.25 bits per heavy atom. The Balaban J connectivity index is 4.73. The molecule has 68 valence electrons. The summed E-state index contributed by atoms with van der Waals surface area (Å²) in [6.07, 6.45) is 6.26. The SMILES string of the molecule is C=C(/C=C\C)C(C)(C)/C(C)=C/C. The summed E-state index contributed by atoms with van der Waals surface area (Å²) in [6, 6.07) is 0. The molecule has 0 amide bonds. The van der Waals surface area contributed by atoms with Gasteiger partial charge < -0.3 is 0 Å². The van der Waals surface area contributed by atoms with Crippen LogP contribution in [0.25, 0.3) is 0 Å². The van der Waals surface area contributed by atoms with E-state index < -0.39 is 0 Å². The van der Waals surface area contributed by atoms with Crippen LogP contribution in [0.2, 0.25) is 0 Å². The van der Waals surface area contributed by atoms with Gasteiger partial charge in [0.2, 0.25) is 0 Å². The Morgan fingerprint density at radius 3 is 2.08 bits per heavy atom. The van der Waals surface area contributed by atoms with E-state index in [0.717, 1.165) is 0 Å². The lowest BCUT2D eigenvalue weighted by atomic mass is 9.78. The molecule has 0 heterocycles. The highest BCUT2D eigenvalue weighted by molar-refractivity contribution is 5.31. The molecule has 0 fully saturated rings. The lowest BCUT2D eigenvalue weighted by Gasteiger charge is -2.26. The van der Waals surface area contributed by atoms with Crippen molar-refractivity contribution >= 4 is 0 Å². The quantitative estimate of drug-likeness (QED) is 0.435. The van der Waals surface area contributed by atoms with Crippen molar-refractivity contribution in [3.05, 3.63) is 36.0 Å². The molecule has 0 aromatic rings. The zero-order valence-electron chi connectivity index (χ0n) is 8.94. The fourth-order valence-corrected chi connectivity index (χ4v) is 1.02.